The molecule has 0 bridgehead atoms. The number of alkyl halides is 2. The molecule has 0 amide bonds. The third-order valence-electron chi connectivity index (χ3n) is 3.32. The van der Waals surface area contributed by atoms with Crippen molar-refractivity contribution in [2.24, 2.45) is 4.99 Å². The minimum Gasteiger partial charge on any atom is -0.497 e. The standard InChI is InChI=1S/C17H20F2N4O2/c1-20-17(23-11-13-5-3-4-8-21-13)22-10-12-9-14(24-2)6-7-15(12)25-16(18)19/h3-9,16H,10-11H2,1-2H3,(H2,20,22,23). The van der Waals surface area contributed by atoms with Gasteiger partial charge in [-0.25, -0.2) is 0 Å². The van der Waals surface area contributed by atoms with Gasteiger partial charge in [-0.15, -0.1) is 0 Å². The number of hydrogen-bond acceptors (Lipinski definition) is 4. The molecule has 0 atom stereocenters. The fourth-order valence-corrected chi connectivity index (χ4v) is 2.11. The molecule has 0 aliphatic rings. The van der Waals surface area contributed by atoms with E-state index in [4.69, 9.17) is 4.74 Å². The van der Waals surface area contributed by atoms with Crippen molar-refractivity contribution in [3.63, 3.8) is 0 Å². The topological polar surface area (TPSA) is 67.8 Å². The van der Waals surface area contributed by atoms with E-state index in [-0.39, 0.29) is 12.3 Å². The van der Waals surface area contributed by atoms with Crippen molar-refractivity contribution in [1.29, 1.82) is 0 Å². The highest BCUT2D eigenvalue weighted by atomic mass is 19.3. The van der Waals surface area contributed by atoms with Crippen molar-refractivity contribution in [1.82, 2.24) is 15.6 Å². The Morgan fingerprint density at radius 1 is 1.20 bits per heavy atom. The van der Waals surface area contributed by atoms with Crippen LogP contribution in [-0.4, -0.2) is 31.7 Å². The molecule has 0 unspecified atom stereocenters. The van der Waals surface area contributed by atoms with Crippen LogP contribution < -0.4 is 20.1 Å². The Kier molecular flexibility index (Phi) is 6.94. The largest absolute Gasteiger partial charge is 0.497 e. The van der Waals surface area contributed by atoms with Gasteiger partial charge in [0, 0.05) is 25.4 Å². The molecule has 1 aromatic carbocycles. The number of benzene rings is 1. The highest BCUT2D eigenvalue weighted by Gasteiger charge is 2.11. The normalized spacial score (nSPS) is 11.3. The molecule has 2 N–H and O–H groups in total. The SMILES string of the molecule is CN=C(NCc1ccccn1)NCc1cc(OC)ccc1OC(F)F. The van der Waals surface area contributed by atoms with Crippen molar-refractivity contribution < 1.29 is 18.3 Å². The smallest absolute Gasteiger partial charge is 0.387 e. The van der Waals surface area contributed by atoms with Crippen LogP contribution in [0.1, 0.15) is 11.3 Å². The Labute approximate surface area is 144 Å². The summed E-state index contributed by atoms with van der Waals surface area (Å²) in [4.78, 5) is 8.31. The third kappa shape index (κ3) is 5.91. The fraction of sp³-hybridized carbons (Fsp3) is 0.294. The van der Waals surface area contributed by atoms with Crippen LogP contribution in [0.2, 0.25) is 0 Å². The summed E-state index contributed by atoms with van der Waals surface area (Å²) in [7, 11) is 3.13. The lowest BCUT2D eigenvalue weighted by Gasteiger charge is -2.15. The van der Waals surface area contributed by atoms with Crippen LogP contribution in [0.4, 0.5) is 8.78 Å². The number of aliphatic imine (C=N–C) groups is 1. The molecule has 0 spiro atoms. The number of halogens is 2. The fourth-order valence-electron chi connectivity index (χ4n) is 2.11. The van der Waals surface area contributed by atoms with Crippen molar-refractivity contribution in [3.8, 4) is 11.5 Å². The van der Waals surface area contributed by atoms with Crippen molar-refractivity contribution in [2.45, 2.75) is 19.7 Å². The average Bonchev–Trinajstić information content (AvgIpc) is 2.63. The lowest BCUT2D eigenvalue weighted by Crippen LogP contribution is -2.36. The van der Waals surface area contributed by atoms with E-state index in [1.807, 2.05) is 18.2 Å². The van der Waals surface area contributed by atoms with Gasteiger partial charge >= 0.3 is 6.61 Å². The van der Waals surface area contributed by atoms with Gasteiger partial charge in [0.2, 0.25) is 0 Å². The molecule has 0 fully saturated rings. The Bertz CT molecular complexity index is 696. The molecule has 1 heterocycles. The van der Waals surface area contributed by atoms with Crippen LogP contribution in [-0.2, 0) is 13.1 Å². The monoisotopic (exact) mass is 350 g/mol. The van der Waals surface area contributed by atoms with Crippen LogP contribution in [0.3, 0.4) is 0 Å². The van der Waals surface area contributed by atoms with Crippen LogP contribution >= 0.6 is 0 Å². The predicted octanol–water partition coefficient (Wildman–Crippen LogP) is 2.56. The van der Waals surface area contributed by atoms with Gasteiger partial charge < -0.3 is 20.1 Å². The van der Waals surface area contributed by atoms with E-state index in [1.54, 1.807) is 25.4 Å². The molecular weight excluding hydrogens is 330 g/mol. The summed E-state index contributed by atoms with van der Waals surface area (Å²) in [6, 6.07) is 10.3. The first-order chi connectivity index (χ1) is 12.1. The van der Waals surface area contributed by atoms with E-state index in [9.17, 15) is 8.78 Å². The quantitative estimate of drug-likeness (QED) is 0.593. The average molecular weight is 350 g/mol. The summed E-state index contributed by atoms with van der Waals surface area (Å²) in [6.07, 6.45) is 1.71. The maximum Gasteiger partial charge on any atom is 0.387 e. The van der Waals surface area contributed by atoms with Crippen LogP contribution in [0.25, 0.3) is 0 Å². The summed E-state index contributed by atoms with van der Waals surface area (Å²) in [5.41, 5.74) is 1.38. The Hall–Kier alpha value is -2.90. The van der Waals surface area contributed by atoms with Crippen molar-refractivity contribution in [3.05, 3.63) is 53.9 Å². The second-order valence-electron chi connectivity index (χ2n) is 4.95. The van der Waals surface area contributed by atoms with E-state index >= 15 is 0 Å². The summed E-state index contributed by atoms with van der Waals surface area (Å²) >= 11 is 0. The zero-order chi connectivity index (χ0) is 18.1. The first kappa shape index (κ1) is 18.4. The number of hydrogen-bond donors (Lipinski definition) is 2. The minimum atomic E-state index is -2.89. The van der Waals surface area contributed by atoms with E-state index in [2.05, 4.69) is 25.3 Å². The molecule has 8 heteroatoms. The molecule has 0 saturated carbocycles. The molecule has 25 heavy (non-hydrogen) atoms. The van der Waals surface area contributed by atoms with Gasteiger partial charge in [-0.2, -0.15) is 8.78 Å². The minimum absolute atomic E-state index is 0.0866. The highest BCUT2D eigenvalue weighted by molar-refractivity contribution is 5.79. The number of nitrogens with one attached hydrogen (secondary N) is 2. The Morgan fingerprint density at radius 2 is 2.00 bits per heavy atom. The number of guanidine groups is 1. The first-order valence-corrected chi connectivity index (χ1v) is 7.58. The zero-order valence-electron chi connectivity index (χ0n) is 14.0. The molecule has 6 nitrogen and oxygen atoms in total. The second-order valence-corrected chi connectivity index (χ2v) is 4.95. The van der Waals surface area contributed by atoms with Gasteiger partial charge in [0.25, 0.3) is 0 Å². The van der Waals surface area contributed by atoms with Gasteiger partial charge in [-0.1, -0.05) is 6.07 Å². The summed E-state index contributed by atoms with van der Waals surface area (Å²) in [5.74, 6) is 1.15. The van der Waals surface area contributed by atoms with Crippen LogP contribution in [0.15, 0.2) is 47.6 Å². The van der Waals surface area contributed by atoms with Gasteiger partial charge in [-0.3, -0.25) is 9.98 Å². The molecule has 2 rings (SSSR count). The molecule has 2 aromatic rings. The molecule has 0 saturated heterocycles. The molecule has 0 radical (unpaired) electrons. The van der Waals surface area contributed by atoms with Crippen LogP contribution in [0.5, 0.6) is 11.5 Å². The van der Waals surface area contributed by atoms with E-state index < -0.39 is 6.61 Å². The lowest BCUT2D eigenvalue weighted by atomic mass is 10.2. The summed E-state index contributed by atoms with van der Waals surface area (Å²) in [6.45, 7) is -2.17. The third-order valence-corrected chi connectivity index (χ3v) is 3.32. The van der Waals surface area contributed by atoms with Gasteiger partial charge in [0.1, 0.15) is 11.5 Å². The lowest BCUT2D eigenvalue weighted by molar-refractivity contribution is -0.0504. The maximum atomic E-state index is 12.5. The van der Waals surface area contributed by atoms with E-state index in [1.165, 1.54) is 13.2 Å². The Morgan fingerprint density at radius 3 is 2.64 bits per heavy atom. The van der Waals surface area contributed by atoms with Gasteiger partial charge in [-0.05, 0) is 30.3 Å². The first-order valence-electron chi connectivity index (χ1n) is 7.58. The molecule has 134 valence electrons. The van der Waals surface area contributed by atoms with E-state index in [0.717, 1.165) is 5.69 Å². The number of nitrogens with zero attached hydrogens (tertiary/aromatic N) is 2. The Balaban J connectivity index is 2.00. The number of methoxy groups -OCH3 is 1. The maximum absolute atomic E-state index is 12.5. The van der Waals surface area contributed by atoms with Crippen LogP contribution in [0, 0.1) is 0 Å². The number of ether oxygens (including phenoxy) is 2. The molecule has 0 aliphatic heterocycles. The highest BCUT2D eigenvalue weighted by Crippen LogP contribution is 2.25. The number of aromatic nitrogens is 1. The molecule has 0 aliphatic carbocycles. The van der Waals surface area contributed by atoms with Gasteiger partial charge in [0.15, 0.2) is 5.96 Å². The summed E-state index contributed by atoms with van der Waals surface area (Å²) < 4.78 is 34.7. The zero-order valence-corrected chi connectivity index (χ0v) is 14.0. The predicted molar refractivity (Wildman–Crippen MR) is 90.9 cm³/mol. The molecular formula is C17H20F2N4O2. The number of rotatable bonds is 7. The summed E-state index contributed by atoms with van der Waals surface area (Å²) in [5, 5.41) is 6.15. The van der Waals surface area contributed by atoms with E-state index in [0.29, 0.717) is 23.8 Å². The second kappa shape index (κ2) is 9.41. The van der Waals surface area contributed by atoms with Crippen molar-refractivity contribution >= 4 is 5.96 Å². The number of pyridine rings is 1. The molecule has 1 aromatic heterocycles. The van der Waals surface area contributed by atoms with Gasteiger partial charge in [0.05, 0.1) is 19.3 Å². The van der Waals surface area contributed by atoms with Crippen molar-refractivity contribution in [2.75, 3.05) is 14.2 Å².